The van der Waals surface area contributed by atoms with Crippen molar-refractivity contribution in [3.63, 3.8) is 0 Å². The first-order valence-corrected chi connectivity index (χ1v) is 7.44. The Bertz CT molecular complexity index is 535. The van der Waals surface area contributed by atoms with Crippen molar-refractivity contribution in [1.82, 2.24) is 5.43 Å². The molecule has 0 aliphatic heterocycles. The van der Waals surface area contributed by atoms with Gasteiger partial charge in [0.1, 0.15) is 0 Å². The van der Waals surface area contributed by atoms with Crippen molar-refractivity contribution < 1.29 is 8.42 Å². The highest BCUT2D eigenvalue weighted by Crippen LogP contribution is 2.16. The van der Waals surface area contributed by atoms with Gasteiger partial charge in [0.15, 0.2) is 0 Å². The molecule has 18 heavy (non-hydrogen) atoms. The maximum atomic E-state index is 11.1. The average molecular weight is 267 g/mol. The minimum atomic E-state index is -3.61. The number of hydrogen-bond donors (Lipinski definition) is 3. The highest BCUT2D eigenvalue weighted by molar-refractivity contribution is 7.89. The number of hydrazine groups is 1. The van der Waals surface area contributed by atoms with Gasteiger partial charge in [-0.05, 0) is 49.9 Å². The molecule has 0 saturated heterocycles. The normalized spacial score (nSPS) is 15.9. The van der Waals surface area contributed by atoms with Crippen molar-refractivity contribution in [3.05, 3.63) is 36.0 Å². The lowest BCUT2D eigenvalue weighted by atomic mass is 10.1. The summed E-state index contributed by atoms with van der Waals surface area (Å²) in [6.07, 6.45) is 6.77. The van der Waals surface area contributed by atoms with Gasteiger partial charge in [-0.25, -0.2) is 13.6 Å². The maximum Gasteiger partial charge on any atom is 0.238 e. The standard InChI is InChI=1S/C12H17N3O2S/c13-18(16,17)12-8-6-11(7-9-12)15-14-10-4-2-1-3-5-10/h4,6-9,14-15H,1-3,5H2,(H2,13,16,17). The molecule has 0 unspecified atom stereocenters. The molecule has 4 N–H and O–H groups in total. The van der Waals surface area contributed by atoms with Gasteiger partial charge < -0.3 is 10.9 Å². The van der Waals surface area contributed by atoms with E-state index in [1.165, 1.54) is 30.7 Å². The Morgan fingerprint density at radius 1 is 1.06 bits per heavy atom. The van der Waals surface area contributed by atoms with Crippen LogP contribution in [-0.4, -0.2) is 8.42 Å². The Morgan fingerprint density at radius 3 is 2.33 bits per heavy atom. The van der Waals surface area contributed by atoms with Crippen LogP contribution in [0.4, 0.5) is 5.69 Å². The van der Waals surface area contributed by atoms with Crippen LogP contribution in [0, 0.1) is 0 Å². The van der Waals surface area contributed by atoms with Crippen LogP contribution in [0.5, 0.6) is 0 Å². The van der Waals surface area contributed by atoms with E-state index >= 15 is 0 Å². The molecule has 1 aliphatic carbocycles. The van der Waals surface area contributed by atoms with E-state index in [4.69, 9.17) is 5.14 Å². The molecule has 0 bridgehead atoms. The lowest BCUT2D eigenvalue weighted by molar-refractivity contribution is 0.598. The largest absolute Gasteiger partial charge is 0.305 e. The Labute approximate surface area is 107 Å². The monoisotopic (exact) mass is 267 g/mol. The molecule has 0 saturated carbocycles. The first-order chi connectivity index (χ1) is 8.55. The summed E-state index contributed by atoms with van der Waals surface area (Å²) in [5.74, 6) is 0. The van der Waals surface area contributed by atoms with Gasteiger partial charge in [0.25, 0.3) is 0 Å². The van der Waals surface area contributed by atoms with Crippen LogP contribution in [-0.2, 0) is 10.0 Å². The Morgan fingerprint density at radius 2 is 1.78 bits per heavy atom. The molecular formula is C12H17N3O2S. The molecule has 1 aromatic rings. The molecule has 0 radical (unpaired) electrons. The zero-order valence-corrected chi connectivity index (χ0v) is 10.8. The fraction of sp³-hybridized carbons (Fsp3) is 0.333. The van der Waals surface area contributed by atoms with Crippen molar-refractivity contribution in [3.8, 4) is 0 Å². The van der Waals surface area contributed by atoms with Crippen LogP contribution >= 0.6 is 0 Å². The van der Waals surface area contributed by atoms with Crippen molar-refractivity contribution in [2.75, 3.05) is 5.43 Å². The smallest absolute Gasteiger partial charge is 0.238 e. The van der Waals surface area contributed by atoms with Gasteiger partial charge in [-0.1, -0.05) is 6.08 Å². The van der Waals surface area contributed by atoms with Gasteiger partial charge in [0.2, 0.25) is 10.0 Å². The van der Waals surface area contributed by atoms with Gasteiger partial charge in [-0.2, -0.15) is 0 Å². The molecule has 0 fully saturated rings. The second kappa shape index (κ2) is 5.41. The molecule has 2 rings (SSSR count). The number of primary sulfonamides is 1. The van der Waals surface area contributed by atoms with E-state index in [9.17, 15) is 8.42 Å². The molecule has 0 heterocycles. The van der Waals surface area contributed by atoms with E-state index in [0.29, 0.717) is 0 Å². The third-order valence-corrected chi connectivity index (χ3v) is 3.77. The SMILES string of the molecule is NS(=O)(=O)c1ccc(NNC2=CCCCC2)cc1. The zero-order chi connectivity index (χ0) is 13.0. The maximum absolute atomic E-state index is 11.1. The molecule has 0 spiro atoms. The van der Waals surface area contributed by atoms with Gasteiger partial charge in [-0.3, -0.25) is 0 Å². The summed E-state index contributed by atoms with van der Waals surface area (Å²) in [6, 6.07) is 6.31. The lowest BCUT2D eigenvalue weighted by Crippen LogP contribution is -2.22. The van der Waals surface area contributed by atoms with Gasteiger partial charge in [0.05, 0.1) is 10.6 Å². The predicted molar refractivity (Wildman–Crippen MR) is 71.1 cm³/mol. The highest BCUT2D eigenvalue weighted by atomic mass is 32.2. The number of hydrogen-bond acceptors (Lipinski definition) is 4. The molecular weight excluding hydrogens is 250 g/mol. The van der Waals surface area contributed by atoms with Crippen molar-refractivity contribution in [2.45, 2.75) is 30.6 Å². The second-order valence-electron chi connectivity index (χ2n) is 4.29. The molecule has 1 aliphatic rings. The Balaban J connectivity index is 1.96. The first kappa shape index (κ1) is 12.9. The molecule has 1 aromatic carbocycles. The molecule has 0 atom stereocenters. The molecule has 6 heteroatoms. The number of nitrogens with one attached hydrogen (secondary N) is 2. The third-order valence-electron chi connectivity index (χ3n) is 2.84. The van der Waals surface area contributed by atoms with Crippen molar-refractivity contribution in [1.29, 1.82) is 0 Å². The van der Waals surface area contributed by atoms with Gasteiger partial charge in [-0.15, -0.1) is 0 Å². The summed E-state index contributed by atoms with van der Waals surface area (Å²) in [5, 5.41) is 5.02. The summed E-state index contributed by atoms with van der Waals surface area (Å²) in [6.45, 7) is 0. The van der Waals surface area contributed by atoms with Crippen LogP contribution in [0.1, 0.15) is 25.7 Å². The fourth-order valence-corrected chi connectivity index (χ4v) is 2.35. The van der Waals surface area contributed by atoms with E-state index in [-0.39, 0.29) is 4.90 Å². The van der Waals surface area contributed by atoms with E-state index in [1.807, 2.05) is 0 Å². The molecule has 5 nitrogen and oxygen atoms in total. The summed E-state index contributed by atoms with van der Waals surface area (Å²) in [5.41, 5.74) is 8.14. The number of nitrogens with two attached hydrogens (primary N) is 1. The summed E-state index contributed by atoms with van der Waals surface area (Å²) in [4.78, 5) is 0.116. The van der Waals surface area contributed by atoms with Crippen LogP contribution in [0.25, 0.3) is 0 Å². The third kappa shape index (κ3) is 3.48. The zero-order valence-electron chi connectivity index (χ0n) is 10.0. The van der Waals surface area contributed by atoms with Gasteiger partial charge in [0, 0.05) is 5.70 Å². The van der Waals surface area contributed by atoms with Crippen LogP contribution in [0.3, 0.4) is 0 Å². The second-order valence-corrected chi connectivity index (χ2v) is 5.86. The predicted octanol–water partition coefficient (Wildman–Crippen LogP) is 1.71. The number of anilines is 1. The molecule has 0 aromatic heterocycles. The number of allylic oxidation sites excluding steroid dienone is 2. The van der Waals surface area contributed by atoms with Gasteiger partial charge >= 0.3 is 0 Å². The van der Waals surface area contributed by atoms with E-state index in [0.717, 1.165) is 18.5 Å². The van der Waals surface area contributed by atoms with Crippen LogP contribution in [0.2, 0.25) is 0 Å². The number of benzene rings is 1. The quantitative estimate of drug-likeness (QED) is 0.725. The van der Waals surface area contributed by atoms with Crippen molar-refractivity contribution in [2.24, 2.45) is 5.14 Å². The number of rotatable bonds is 4. The van der Waals surface area contributed by atoms with E-state index in [2.05, 4.69) is 16.9 Å². The Kier molecular flexibility index (Phi) is 3.88. The van der Waals surface area contributed by atoms with Crippen LogP contribution in [0.15, 0.2) is 40.9 Å². The highest BCUT2D eigenvalue weighted by Gasteiger charge is 2.07. The minimum Gasteiger partial charge on any atom is -0.305 e. The van der Waals surface area contributed by atoms with E-state index in [1.54, 1.807) is 12.1 Å². The van der Waals surface area contributed by atoms with Crippen molar-refractivity contribution >= 4 is 15.7 Å². The average Bonchev–Trinajstić information content (AvgIpc) is 2.37. The topological polar surface area (TPSA) is 84.2 Å². The number of sulfonamides is 1. The summed E-state index contributed by atoms with van der Waals surface area (Å²) < 4.78 is 22.2. The minimum absolute atomic E-state index is 0.116. The fourth-order valence-electron chi connectivity index (χ4n) is 1.83. The first-order valence-electron chi connectivity index (χ1n) is 5.90. The molecule has 98 valence electrons. The van der Waals surface area contributed by atoms with Crippen LogP contribution < -0.4 is 16.0 Å². The van der Waals surface area contributed by atoms with E-state index < -0.39 is 10.0 Å². The summed E-state index contributed by atoms with van der Waals surface area (Å²) in [7, 11) is -3.61. The molecule has 0 amide bonds. The summed E-state index contributed by atoms with van der Waals surface area (Å²) >= 11 is 0. The lowest BCUT2D eigenvalue weighted by Gasteiger charge is -2.16. The Hall–Kier alpha value is -1.53.